The second-order valence-corrected chi connectivity index (χ2v) is 20.2. The van der Waals surface area contributed by atoms with Crippen LogP contribution < -0.4 is 32.9 Å². The normalized spacial score (nSPS) is 18.3. The Bertz CT molecular complexity index is 2700. The third kappa shape index (κ3) is 15.3. The summed E-state index contributed by atoms with van der Waals surface area (Å²) in [5, 5.41) is 21.4. The summed E-state index contributed by atoms with van der Waals surface area (Å²) >= 11 is 0. The minimum absolute atomic E-state index is 0.0240. The highest BCUT2D eigenvalue weighted by Crippen LogP contribution is 2.39. The van der Waals surface area contributed by atoms with Crippen molar-refractivity contribution in [1.82, 2.24) is 35.4 Å². The fourth-order valence-corrected chi connectivity index (χ4v) is 9.79. The van der Waals surface area contributed by atoms with Gasteiger partial charge in [-0.15, -0.1) is 0 Å². The molecule has 0 spiro atoms. The number of amides is 4. The number of para-hydroxylation sites is 1. The molecule has 1 saturated heterocycles. The molecule has 3 aromatic carbocycles. The molecule has 7 N–H and O–H groups in total. The fourth-order valence-electron chi connectivity index (χ4n) is 9.79. The predicted octanol–water partition coefficient (Wildman–Crippen LogP) is 5.34. The second kappa shape index (κ2) is 25.1. The van der Waals surface area contributed by atoms with E-state index < -0.39 is 59.6 Å². The number of H-pyrrole nitrogens is 1. The third-order valence-corrected chi connectivity index (χ3v) is 13.2. The average molecular weight is 973 g/mol. The Kier molecular flexibility index (Phi) is 19.0. The van der Waals surface area contributed by atoms with Crippen LogP contribution in [0.4, 0.5) is 0 Å². The van der Waals surface area contributed by atoms with Crippen LogP contribution >= 0.6 is 0 Å². The summed E-state index contributed by atoms with van der Waals surface area (Å²) < 4.78 is 6.92. The van der Waals surface area contributed by atoms with Crippen molar-refractivity contribution in [2.45, 2.75) is 135 Å². The molecule has 5 aromatic rings. The number of fused-ring (bicyclic) bond motifs is 2. The SMILES string of the molecule is CC(C)(C)NC(=O)[C@@H]1C[C@@H]2CCCC[C@@H]2CN1C[C@@H](O)[C@H](Cc1ccccc1)NC(=O)[C@H](CC(N)=O)NC(=O)c1ccc2ccccc2n1.CCOCn1c(Cc2ccccc2)c(C(C)C)c(=O)[nH]c1=O. The van der Waals surface area contributed by atoms with Crippen LogP contribution in [0.3, 0.4) is 0 Å². The van der Waals surface area contributed by atoms with Gasteiger partial charge in [0.05, 0.1) is 30.1 Å². The Morgan fingerprint density at radius 2 is 1.52 bits per heavy atom. The van der Waals surface area contributed by atoms with Gasteiger partial charge >= 0.3 is 5.69 Å². The number of piperidine rings is 1. The maximum atomic E-state index is 13.8. The van der Waals surface area contributed by atoms with Gasteiger partial charge in [0.1, 0.15) is 18.5 Å². The van der Waals surface area contributed by atoms with E-state index in [9.17, 15) is 33.9 Å². The molecule has 1 saturated carbocycles. The molecule has 4 amide bonds. The van der Waals surface area contributed by atoms with Gasteiger partial charge in [0, 0.05) is 48.3 Å². The molecule has 2 fully saturated rings. The van der Waals surface area contributed by atoms with Crippen LogP contribution in [0.15, 0.2) is 107 Å². The van der Waals surface area contributed by atoms with Crippen molar-refractivity contribution in [1.29, 1.82) is 0 Å². The molecule has 16 nitrogen and oxygen atoms in total. The molecule has 380 valence electrons. The van der Waals surface area contributed by atoms with Crippen LogP contribution in [0.2, 0.25) is 0 Å². The molecule has 1 aliphatic carbocycles. The Labute approximate surface area is 416 Å². The second-order valence-electron chi connectivity index (χ2n) is 20.2. The van der Waals surface area contributed by atoms with E-state index in [4.69, 9.17) is 10.5 Å². The number of rotatable bonds is 18. The number of nitrogens with zero attached hydrogens (tertiary/aromatic N) is 3. The van der Waals surface area contributed by atoms with Crippen molar-refractivity contribution in [3.05, 3.63) is 146 Å². The van der Waals surface area contributed by atoms with Gasteiger partial charge in [-0.05, 0) is 88.0 Å². The minimum atomic E-state index is -1.30. The first-order valence-electron chi connectivity index (χ1n) is 24.9. The standard InChI is InChI=1S/C38H50N6O5.C17H22N2O3/c1-38(2,3)43-37(49)32-20-26-14-7-8-15-27(26)22-44(32)23-33(45)30(19-24-11-5-4-6-12-24)41-36(48)31(21-34(39)46)42-35(47)29-18-17-25-13-9-10-16-28(25)40-29;1-4-22-11-19-14(10-13-8-6-5-7-9-13)15(12(2)3)16(20)18-17(19)21/h4-6,9-13,16-18,26-27,30-33,45H,7-8,14-15,19-23H2,1-3H3,(H2,39,46)(H,41,48)(H,42,47)(H,43,49);5-9,12H,4,10-11H2,1-3H3,(H,18,20,21)/t26-,27+,30-,31-,32-,33+;/m0./s1. The van der Waals surface area contributed by atoms with Gasteiger partial charge in [0.25, 0.3) is 11.5 Å². The highest BCUT2D eigenvalue weighted by atomic mass is 16.5. The van der Waals surface area contributed by atoms with Gasteiger partial charge in [-0.2, -0.15) is 0 Å². The van der Waals surface area contributed by atoms with E-state index >= 15 is 0 Å². The highest BCUT2D eigenvalue weighted by molar-refractivity contribution is 5.99. The number of aromatic nitrogens is 3. The Hall–Kier alpha value is -6.49. The number of benzene rings is 3. The molecule has 0 radical (unpaired) electrons. The van der Waals surface area contributed by atoms with E-state index in [0.717, 1.165) is 47.9 Å². The summed E-state index contributed by atoms with van der Waals surface area (Å²) in [7, 11) is 0. The van der Waals surface area contributed by atoms with Crippen LogP contribution in [-0.2, 0) is 38.7 Å². The maximum Gasteiger partial charge on any atom is 0.330 e. The van der Waals surface area contributed by atoms with Crippen LogP contribution in [-0.4, -0.2) is 97.6 Å². The van der Waals surface area contributed by atoms with Crippen molar-refractivity contribution in [2.24, 2.45) is 17.6 Å². The molecular weight excluding hydrogens is 901 g/mol. The number of nitrogens with two attached hydrogens (primary N) is 1. The number of carbonyl (C=O) groups excluding carboxylic acids is 4. The molecule has 6 atom stereocenters. The van der Waals surface area contributed by atoms with Gasteiger partial charge in [0.2, 0.25) is 17.7 Å². The first-order valence-corrected chi connectivity index (χ1v) is 24.9. The van der Waals surface area contributed by atoms with E-state index in [0.29, 0.717) is 42.5 Å². The number of carbonyl (C=O) groups is 4. The van der Waals surface area contributed by atoms with Crippen molar-refractivity contribution >= 4 is 34.5 Å². The number of ether oxygens (including phenoxy) is 1. The van der Waals surface area contributed by atoms with Crippen LogP contribution in [0.25, 0.3) is 10.9 Å². The zero-order valence-corrected chi connectivity index (χ0v) is 42.0. The molecule has 3 heterocycles. The highest BCUT2D eigenvalue weighted by Gasteiger charge is 2.42. The summed E-state index contributed by atoms with van der Waals surface area (Å²) in [6.07, 6.45) is 4.56. The molecule has 0 unspecified atom stereocenters. The summed E-state index contributed by atoms with van der Waals surface area (Å²) in [6, 6.07) is 27.4. The quantitative estimate of drug-likeness (QED) is 0.0661. The van der Waals surface area contributed by atoms with Crippen molar-refractivity contribution in [2.75, 3.05) is 19.7 Å². The smallest absolute Gasteiger partial charge is 0.330 e. The number of aliphatic hydroxyl groups excluding tert-OH is 1. The number of primary amides is 1. The van der Waals surface area contributed by atoms with Crippen molar-refractivity contribution < 1.29 is 29.0 Å². The Morgan fingerprint density at radius 3 is 2.17 bits per heavy atom. The Morgan fingerprint density at radius 1 is 0.873 bits per heavy atom. The monoisotopic (exact) mass is 973 g/mol. The molecule has 7 rings (SSSR count). The molecule has 2 aromatic heterocycles. The number of β-amino-alcohol motifs (C(OH)–C–C–N with tert-alkyl or cyclic N) is 1. The molecule has 16 heteroatoms. The molecule has 2 aliphatic rings. The van der Waals surface area contributed by atoms with Crippen LogP contribution in [0, 0.1) is 11.8 Å². The van der Waals surface area contributed by atoms with Gasteiger partial charge in [-0.25, -0.2) is 9.78 Å². The first-order chi connectivity index (χ1) is 33.9. The average Bonchev–Trinajstić information content (AvgIpc) is 3.33. The van der Waals surface area contributed by atoms with Gasteiger partial charge < -0.3 is 31.5 Å². The van der Waals surface area contributed by atoms with Crippen molar-refractivity contribution in [3.63, 3.8) is 0 Å². The lowest BCUT2D eigenvalue weighted by atomic mass is 9.72. The van der Waals surface area contributed by atoms with Crippen LogP contribution in [0.1, 0.15) is 119 Å². The van der Waals surface area contributed by atoms with E-state index in [1.165, 1.54) is 11.0 Å². The number of hydrogen-bond acceptors (Lipinski definition) is 10. The molecule has 1 aliphatic heterocycles. The predicted molar refractivity (Wildman–Crippen MR) is 274 cm³/mol. The first kappa shape index (κ1) is 53.9. The zero-order chi connectivity index (χ0) is 51.2. The zero-order valence-electron chi connectivity index (χ0n) is 42.0. The summed E-state index contributed by atoms with van der Waals surface area (Å²) in [5.74, 6) is -1.17. The van der Waals surface area contributed by atoms with Crippen molar-refractivity contribution in [3.8, 4) is 0 Å². The fraction of sp³-hybridized carbons (Fsp3) is 0.473. The van der Waals surface area contributed by atoms with Gasteiger partial charge in [-0.3, -0.25) is 38.4 Å². The molecule has 71 heavy (non-hydrogen) atoms. The number of aliphatic hydroxyl groups is 1. The van der Waals surface area contributed by atoms with E-state index in [-0.39, 0.29) is 42.8 Å². The largest absolute Gasteiger partial charge is 0.390 e. The summed E-state index contributed by atoms with van der Waals surface area (Å²) in [5.41, 5.74) is 8.40. The lowest BCUT2D eigenvalue weighted by Gasteiger charge is -2.47. The lowest BCUT2D eigenvalue weighted by Crippen LogP contribution is -2.61. The van der Waals surface area contributed by atoms with Crippen LogP contribution in [0.5, 0.6) is 0 Å². The number of aromatic amines is 1. The minimum Gasteiger partial charge on any atom is -0.390 e. The Balaban J connectivity index is 0.000000313. The number of pyridine rings is 1. The van der Waals surface area contributed by atoms with E-state index in [1.807, 2.05) is 120 Å². The van der Waals surface area contributed by atoms with E-state index in [1.54, 1.807) is 18.2 Å². The number of nitrogens with one attached hydrogen (secondary N) is 4. The van der Waals surface area contributed by atoms with Gasteiger partial charge in [-0.1, -0.05) is 118 Å². The maximum absolute atomic E-state index is 13.8. The third-order valence-electron chi connectivity index (χ3n) is 13.2. The number of likely N-dealkylation sites (tertiary alicyclic amines) is 1. The topological polar surface area (TPSA) is 231 Å². The lowest BCUT2D eigenvalue weighted by molar-refractivity contribution is -0.133. The van der Waals surface area contributed by atoms with E-state index in [2.05, 4.69) is 30.8 Å². The summed E-state index contributed by atoms with van der Waals surface area (Å²) in [4.78, 5) is 86.0. The summed E-state index contributed by atoms with van der Waals surface area (Å²) in [6.45, 7) is 13.2. The number of hydrogen-bond donors (Lipinski definition) is 6. The van der Waals surface area contributed by atoms with Gasteiger partial charge in [0.15, 0.2) is 0 Å². The molecular formula is C55H72N8O8. The molecule has 0 bridgehead atoms.